The predicted octanol–water partition coefficient (Wildman–Crippen LogP) is 1.74. The second-order valence-electron chi connectivity index (χ2n) is 8.01. The predicted molar refractivity (Wildman–Crippen MR) is 97.3 cm³/mol. The molecule has 0 spiro atoms. The van der Waals surface area contributed by atoms with Gasteiger partial charge < -0.3 is 20.7 Å². The highest BCUT2D eigenvalue weighted by Gasteiger charge is 2.38. The number of carbonyl (C=O) groups is 2. The quantitative estimate of drug-likeness (QED) is 0.725. The van der Waals surface area contributed by atoms with E-state index in [0.717, 1.165) is 24.2 Å². The molecule has 1 aromatic rings. The first-order valence-corrected chi connectivity index (χ1v) is 8.61. The summed E-state index contributed by atoms with van der Waals surface area (Å²) in [4.78, 5) is 24.3. The van der Waals surface area contributed by atoms with Crippen LogP contribution in [0.5, 0.6) is 5.75 Å². The van der Waals surface area contributed by atoms with Gasteiger partial charge in [-0.15, -0.1) is 0 Å². The second-order valence-corrected chi connectivity index (χ2v) is 8.01. The van der Waals surface area contributed by atoms with Crippen LogP contribution in [0.3, 0.4) is 0 Å². The Bertz CT molecular complexity index is 625. The number of methoxy groups -OCH3 is 1. The van der Waals surface area contributed by atoms with Crippen molar-refractivity contribution in [3.8, 4) is 5.75 Å². The molecule has 0 radical (unpaired) electrons. The highest BCUT2D eigenvalue weighted by Crippen LogP contribution is 2.28. The van der Waals surface area contributed by atoms with E-state index in [2.05, 4.69) is 43.6 Å². The van der Waals surface area contributed by atoms with Gasteiger partial charge >= 0.3 is 11.8 Å². The molecule has 0 bridgehead atoms. The van der Waals surface area contributed by atoms with Gasteiger partial charge in [0.1, 0.15) is 5.75 Å². The molecule has 0 unspecified atom stereocenters. The summed E-state index contributed by atoms with van der Waals surface area (Å²) in [5.41, 5.74) is 0.706. The smallest absolute Gasteiger partial charge is 0.309 e. The van der Waals surface area contributed by atoms with Crippen LogP contribution < -0.4 is 20.7 Å². The fraction of sp³-hybridized carbons (Fsp3) is 0.579. The molecular weight excluding hydrogens is 318 g/mol. The summed E-state index contributed by atoms with van der Waals surface area (Å²) in [6.45, 7) is 8.71. The van der Waals surface area contributed by atoms with Crippen LogP contribution in [-0.2, 0) is 16.1 Å². The number of amides is 2. The van der Waals surface area contributed by atoms with Crippen molar-refractivity contribution in [2.75, 3.05) is 7.11 Å². The van der Waals surface area contributed by atoms with Crippen LogP contribution in [0, 0.1) is 0 Å². The van der Waals surface area contributed by atoms with Gasteiger partial charge in [-0.25, -0.2) is 0 Å². The average molecular weight is 347 g/mol. The lowest BCUT2D eigenvalue weighted by Crippen LogP contribution is -2.62. The molecule has 3 N–H and O–H groups in total. The molecule has 1 aliphatic rings. The highest BCUT2D eigenvalue weighted by atomic mass is 16.5. The first-order valence-electron chi connectivity index (χ1n) is 8.61. The van der Waals surface area contributed by atoms with Crippen molar-refractivity contribution in [2.45, 2.75) is 64.2 Å². The van der Waals surface area contributed by atoms with E-state index in [1.165, 1.54) is 0 Å². The zero-order chi connectivity index (χ0) is 18.7. The van der Waals surface area contributed by atoms with E-state index in [-0.39, 0.29) is 23.7 Å². The fourth-order valence-electron chi connectivity index (χ4n) is 3.72. The van der Waals surface area contributed by atoms with Crippen molar-refractivity contribution in [1.29, 1.82) is 0 Å². The highest BCUT2D eigenvalue weighted by molar-refractivity contribution is 6.35. The Morgan fingerprint density at radius 1 is 1.16 bits per heavy atom. The van der Waals surface area contributed by atoms with Crippen LogP contribution in [0.4, 0.5) is 0 Å². The lowest BCUT2D eigenvalue weighted by molar-refractivity contribution is -0.140. The first-order chi connectivity index (χ1) is 11.6. The summed E-state index contributed by atoms with van der Waals surface area (Å²) < 4.78 is 5.15. The van der Waals surface area contributed by atoms with Crippen molar-refractivity contribution in [1.82, 2.24) is 16.0 Å². The number of rotatable bonds is 4. The zero-order valence-electron chi connectivity index (χ0n) is 15.7. The van der Waals surface area contributed by atoms with E-state index in [1.807, 2.05) is 24.3 Å². The van der Waals surface area contributed by atoms with E-state index >= 15 is 0 Å². The summed E-state index contributed by atoms with van der Waals surface area (Å²) in [5.74, 6) is -0.478. The third-order valence-electron chi connectivity index (χ3n) is 4.32. The Labute approximate surface area is 149 Å². The molecule has 6 heteroatoms. The molecule has 25 heavy (non-hydrogen) atoms. The van der Waals surface area contributed by atoms with E-state index < -0.39 is 11.8 Å². The summed E-state index contributed by atoms with van der Waals surface area (Å²) in [6, 6.07) is 7.36. The minimum atomic E-state index is -0.614. The Balaban J connectivity index is 1.88. The van der Waals surface area contributed by atoms with Crippen molar-refractivity contribution in [3.63, 3.8) is 0 Å². The van der Waals surface area contributed by atoms with Crippen LogP contribution in [0.1, 0.15) is 46.1 Å². The molecular formula is C19H29N3O3. The van der Waals surface area contributed by atoms with Gasteiger partial charge in [-0.05, 0) is 58.2 Å². The Kier molecular flexibility index (Phi) is 5.72. The van der Waals surface area contributed by atoms with Crippen molar-refractivity contribution in [3.05, 3.63) is 29.8 Å². The van der Waals surface area contributed by atoms with E-state index in [1.54, 1.807) is 7.11 Å². The molecule has 6 nitrogen and oxygen atoms in total. The maximum absolute atomic E-state index is 12.2. The minimum Gasteiger partial charge on any atom is -0.497 e. The van der Waals surface area contributed by atoms with Crippen LogP contribution in [-0.4, -0.2) is 36.0 Å². The van der Waals surface area contributed by atoms with Gasteiger partial charge in [-0.2, -0.15) is 0 Å². The lowest BCUT2D eigenvalue weighted by Gasteiger charge is -2.46. The second kappa shape index (κ2) is 7.44. The molecule has 0 aliphatic carbocycles. The minimum absolute atomic E-state index is 0.0266. The molecule has 0 saturated carbocycles. The Hall–Kier alpha value is -2.08. The molecule has 0 atom stereocenters. The van der Waals surface area contributed by atoms with Crippen molar-refractivity contribution < 1.29 is 14.3 Å². The maximum Gasteiger partial charge on any atom is 0.309 e. The fourth-order valence-corrected chi connectivity index (χ4v) is 3.72. The number of hydrogen-bond acceptors (Lipinski definition) is 4. The van der Waals surface area contributed by atoms with Crippen LogP contribution in [0.25, 0.3) is 0 Å². The Morgan fingerprint density at radius 2 is 1.80 bits per heavy atom. The number of piperidine rings is 1. The monoisotopic (exact) mass is 347 g/mol. The molecule has 1 saturated heterocycles. The van der Waals surface area contributed by atoms with Crippen molar-refractivity contribution in [2.24, 2.45) is 0 Å². The van der Waals surface area contributed by atoms with Crippen LogP contribution >= 0.6 is 0 Å². The standard InChI is InChI=1S/C19H29N3O3/c1-18(2)10-14(11-19(3,4)22-18)21-17(24)16(23)20-12-13-7-6-8-15(9-13)25-5/h6-9,14,22H,10-12H2,1-5H3,(H,20,23)(H,21,24). The maximum atomic E-state index is 12.2. The van der Waals surface area contributed by atoms with E-state index in [9.17, 15) is 9.59 Å². The Morgan fingerprint density at radius 3 is 2.40 bits per heavy atom. The van der Waals surface area contributed by atoms with E-state index in [4.69, 9.17) is 4.74 Å². The van der Waals surface area contributed by atoms with Gasteiger partial charge in [0.05, 0.1) is 7.11 Å². The van der Waals surface area contributed by atoms with Gasteiger partial charge in [0.15, 0.2) is 0 Å². The van der Waals surface area contributed by atoms with Crippen LogP contribution in [0.2, 0.25) is 0 Å². The summed E-state index contributed by atoms with van der Waals surface area (Å²) in [7, 11) is 1.59. The SMILES string of the molecule is COc1cccc(CNC(=O)C(=O)NC2CC(C)(C)NC(C)(C)C2)c1. The number of carbonyl (C=O) groups excluding carboxylic acids is 2. The number of nitrogens with one attached hydrogen (secondary N) is 3. The average Bonchev–Trinajstić information content (AvgIpc) is 2.49. The molecule has 0 aromatic heterocycles. The molecule has 138 valence electrons. The normalized spacial score (nSPS) is 19.1. The molecule has 1 heterocycles. The third-order valence-corrected chi connectivity index (χ3v) is 4.32. The largest absolute Gasteiger partial charge is 0.497 e. The number of ether oxygens (including phenoxy) is 1. The summed E-state index contributed by atoms with van der Waals surface area (Å²) in [5, 5.41) is 9.09. The topological polar surface area (TPSA) is 79.5 Å². The van der Waals surface area contributed by atoms with Gasteiger partial charge in [-0.1, -0.05) is 12.1 Å². The van der Waals surface area contributed by atoms with Crippen LogP contribution in [0.15, 0.2) is 24.3 Å². The third kappa shape index (κ3) is 5.74. The lowest BCUT2D eigenvalue weighted by atomic mass is 9.79. The summed E-state index contributed by atoms with van der Waals surface area (Å²) >= 11 is 0. The molecule has 2 rings (SSSR count). The molecule has 1 aromatic carbocycles. The van der Waals surface area contributed by atoms with E-state index in [0.29, 0.717) is 0 Å². The number of benzene rings is 1. The molecule has 1 fully saturated rings. The molecule has 2 amide bonds. The van der Waals surface area contributed by atoms with Gasteiger partial charge in [0, 0.05) is 23.7 Å². The summed E-state index contributed by atoms with van der Waals surface area (Å²) in [6.07, 6.45) is 1.57. The van der Waals surface area contributed by atoms with Gasteiger partial charge in [0.2, 0.25) is 0 Å². The zero-order valence-corrected chi connectivity index (χ0v) is 15.7. The van der Waals surface area contributed by atoms with Gasteiger partial charge in [0.25, 0.3) is 0 Å². The molecule has 1 aliphatic heterocycles. The first kappa shape index (κ1) is 19.2. The van der Waals surface area contributed by atoms with Gasteiger partial charge in [-0.3, -0.25) is 9.59 Å². The number of hydrogen-bond donors (Lipinski definition) is 3. The van der Waals surface area contributed by atoms with Crippen molar-refractivity contribution >= 4 is 11.8 Å².